The number of alkyl carbamates (subject to hydrolysis) is 2. The van der Waals surface area contributed by atoms with Gasteiger partial charge >= 0.3 is 12.2 Å². The van der Waals surface area contributed by atoms with E-state index < -0.39 is 36.5 Å². The molecule has 17 heteroatoms. The number of benzene rings is 3. The van der Waals surface area contributed by atoms with Crippen molar-refractivity contribution in [1.82, 2.24) is 40.4 Å². The van der Waals surface area contributed by atoms with Gasteiger partial charge in [-0.3, -0.25) is 9.59 Å². The number of carbonyl (C=O) groups is 4. The smallest absolute Gasteiger partial charge is 0.407 e. The highest BCUT2D eigenvalue weighted by Gasteiger charge is 2.40. The summed E-state index contributed by atoms with van der Waals surface area (Å²) >= 11 is 0. The van der Waals surface area contributed by atoms with Gasteiger partial charge in [-0.15, -0.1) is 0 Å². The molecule has 2 aromatic heterocycles. The summed E-state index contributed by atoms with van der Waals surface area (Å²) in [6.07, 6.45) is 4.11. The average Bonchev–Trinajstić information content (AvgIpc) is 4.15. The molecule has 62 heavy (non-hydrogen) atoms. The number of likely N-dealkylation sites (tertiary alicyclic amines) is 2. The normalized spacial score (nSPS) is 18.9. The second kappa shape index (κ2) is 17.9. The molecule has 3 aliphatic heterocycles. The largest absolute Gasteiger partial charge is 0.488 e. The number of hydrogen-bond donors (Lipinski definition) is 4. The van der Waals surface area contributed by atoms with Gasteiger partial charge < -0.3 is 54.1 Å². The van der Waals surface area contributed by atoms with Crippen LogP contribution in [0.3, 0.4) is 0 Å². The second-order valence-electron chi connectivity index (χ2n) is 15.9. The van der Waals surface area contributed by atoms with Crippen LogP contribution in [-0.4, -0.2) is 120 Å². The zero-order chi connectivity index (χ0) is 43.7. The van der Waals surface area contributed by atoms with Crippen molar-refractivity contribution >= 4 is 34.8 Å². The fourth-order valence-electron chi connectivity index (χ4n) is 8.83. The summed E-state index contributed by atoms with van der Waals surface area (Å²) in [6.45, 7) is 4.91. The van der Waals surface area contributed by atoms with Crippen LogP contribution in [0.1, 0.15) is 68.8 Å². The van der Waals surface area contributed by atoms with Gasteiger partial charge in [0, 0.05) is 43.8 Å². The molecule has 0 bridgehead atoms. The first kappa shape index (κ1) is 42.2. The van der Waals surface area contributed by atoms with Crippen LogP contribution in [0.25, 0.3) is 44.4 Å². The van der Waals surface area contributed by atoms with Gasteiger partial charge in [0.05, 0.1) is 62.3 Å². The molecule has 0 aliphatic carbocycles. The van der Waals surface area contributed by atoms with E-state index in [0.717, 1.165) is 81.4 Å². The number of nitrogens with one attached hydrogen (secondary N) is 4. The molecule has 8 rings (SSSR count). The third kappa shape index (κ3) is 8.04. The average molecular weight is 849 g/mol. The maximum Gasteiger partial charge on any atom is 0.407 e. The topological polar surface area (TPSA) is 202 Å². The molecule has 0 unspecified atom stereocenters. The first-order chi connectivity index (χ1) is 30.0. The SMILES string of the molecule is COC(=O)N[C@H](C(=O)N1CCC[C@H]1c1ncc(-c2ccc3c(c2)COc2c-3ccc3cc(-c4cnc([C@@H]5CCCN5C(=O)[C@@H](NC(=O)OC)[C@@H](C)OC)[nH]4)ccc23)[nH]1)[C@@H](C)OC. The number of amides is 4. The summed E-state index contributed by atoms with van der Waals surface area (Å²) in [5, 5.41) is 7.26. The van der Waals surface area contributed by atoms with Crippen LogP contribution in [0.2, 0.25) is 0 Å². The lowest BCUT2D eigenvalue weighted by Gasteiger charge is -2.30. The van der Waals surface area contributed by atoms with Crippen molar-refractivity contribution in [2.24, 2.45) is 0 Å². The Bertz CT molecular complexity index is 2480. The van der Waals surface area contributed by atoms with Gasteiger partial charge in [-0.1, -0.05) is 30.3 Å². The highest BCUT2D eigenvalue weighted by atomic mass is 16.5. The number of rotatable bonds is 12. The number of aromatic nitrogens is 4. The monoisotopic (exact) mass is 848 g/mol. The second-order valence-corrected chi connectivity index (χ2v) is 15.9. The highest BCUT2D eigenvalue weighted by Crippen LogP contribution is 2.44. The molecule has 0 saturated carbocycles. The van der Waals surface area contributed by atoms with E-state index in [1.54, 1.807) is 36.0 Å². The van der Waals surface area contributed by atoms with Crippen LogP contribution in [0.15, 0.2) is 60.9 Å². The Labute approximate surface area is 358 Å². The van der Waals surface area contributed by atoms with E-state index in [9.17, 15) is 19.2 Å². The zero-order valence-corrected chi connectivity index (χ0v) is 35.7. The van der Waals surface area contributed by atoms with Crippen LogP contribution in [0.5, 0.6) is 5.75 Å². The number of ether oxygens (including phenoxy) is 5. The molecule has 17 nitrogen and oxygen atoms in total. The number of nitrogens with zero attached hydrogens (tertiary/aromatic N) is 4. The van der Waals surface area contributed by atoms with Gasteiger partial charge in [-0.25, -0.2) is 19.6 Å². The molecule has 0 spiro atoms. The van der Waals surface area contributed by atoms with Crippen LogP contribution < -0.4 is 15.4 Å². The van der Waals surface area contributed by atoms with Crippen molar-refractivity contribution in [3.63, 3.8) is 0 Å². The lowest BCUT2D eigenvalue weighted by molar-refractivity contribution is -0.138. The Balaban J connectivity index is 0.984. The fourth-order valence-corrected chi connectivity index (χ4v) is 8.83. The maximum absolute atomic E-state index is 13.7. The number of imidazole rings is 2. The van der Waals surface area contributed by atoms with Crippen LogP contribution in [0, 0.1) is 0 Å². The molecule has 3 aromatic carbocycles. The first-order valence-electron chi connectivity index (χ1n) is 20.8. The molecule has 5 heterocycles. The summed E-state index contributed by atoms with van der Waals surface area (Å²) < 4.78 is 26.8. The number of H-pyrrole nitrogens is 2. The Morgan fingerprint density at radius 3 is 1.76 bits per heavy atom. The standard InChI is InChI=1S/C45H52N8O9/c1-24(58-3)37(50-44(56)60-5)42(54)52-17-7-9-35(52)40-46-21-33(48-40)27-13-15-31-26(19-27)11-16-32-30-14-12-28(20-29(30)23-62-39(31)32)34-22-47-41(49-34)36-10-8-18-53(36)43(55)38(25(2)59-4)51-45(57)61-6/h11-16,19-22,24-25,35-38H,7-10,17-18,23H2,1-6H3,(H,46,48)(H,47,49)(H,50,56)(H,51,57)/t24-,25-,35+,36+,37+,38+/m1/s1. The van der Waals surface area contributed by atoms with Gasteiger partial charge in [0.25, 0.3) is 0 Å². The van der Waals surface area contributed by atoms with E-state index in [-0.39, 0.29) is 23.9 Å². The van der Waals surface area contributed by atoms with Gasteiger partial charge in [-0.2, -0.15) is 0 Å². The summed E-state index contributed by atoms with van der Waals surface area (Å²) in [7, 11) is 5.51. The molecular weight excluding hydrogens is 797 g/mol. The van der Waals surface area contributed by atoms with E-state index in [4.69, 9.17) is 33.7 Å². The van der Waals surface area contributed by atoms with Crippen molar-refractivity contribution in [2.75, 3.05) is 41.5 Å². The molecule has 2 saturated heterocycles. The van der Waals surface area contributed by atoms with Crippen molar-refractivity contribution in [1.29, 1.82) is 0 Å². The third-order valence-electron chi connectivity index (χ3n) is 12.4. The van der Waals surface area contributed by atoms with Gasteiger partial charge in [0.1, 0.15) is 36.1 Å². The number of carbonyl (C=O) groups excluding carboxylic acids is 4. The first-order valence-corrected chi connectivity index (χ1v) is 20.8. The molecule has 2 fully saturated rings. The van der Waals surface area contributed by atoms with Crippen molar-refractivity contribution < 1.29 is 42.9 Å². The molecule has 4 N–H and O–H groups in total. The van der Waals surface area contributed by atoms with Gasteiger partial charge in [-0.05, 0) is 79.8 Å². The maximum atomic E-state index is 13.7. The molecule has 3 aliphatic rings. The van der Waals surface area contributed by atoms with E-state index in [1.165, 1.54) is 28.4 Å². The number of fused-ring (bicyclic) bond motifs is 5. The lowest BCUT2D eigenvalue weighted by Crippen LogP contribution is -2.54. The van der Waals surface area contributed by atoms with Gasteiger partial charge in [0.15, 0.2) is 0 Å². The Morgan fingerprint density at radius 1 is 0.710 bits per heavy atom. The van der Waals surface area contributed by atoms with E-state index in [2.05, 4.69) is 63.1 Å². The van der Waals surface area contributed by atoms with Crippen molar-refractivity contribution in [3.8, 4) is 39.4 Å². The Hall–Kier alpha value is -6.46. The fraction of sp³-hybridized carbons (Fsp3) is 0.422. The quantitative estimate of drug-likeness (QED) is 0.114. The van der Waals surface area contributed by atoms with Crippen molar-refractivity contribution in [3.05, 3.63) is 78.1 Å². The molecule has 4 amide bonds. The predicted molar refractivity (Wildman–Crippen MR) is 228 cm³/mol. The molecular formula is C45H52N8O9. The predicted octanol–water partition coefficient (Wildman–Crippen LogP) is 6.03. The summed E-state index contributed by atoms with van der Waals surface area (Å²) in [5.41, 5.74) is 6.66. The summed E-state index contributed by atoms with van der Waals surface area (Å²) in [6, 6.07) is 14.3. The third-order valence-corrected chi connectivity index (χ3v) is 12.4. The van der Waals surface area contributed by atoms with E-state index in [1.807, 2.05) is 6.07 Å². The summed E-state index contributed by atoms with van der Waals surface area (Å²) in [5.74, 6) is 1.66. The number of aromatic amines is 2. The molecule has 0 radical (unpaired) electrons. The minimum absolute atomic E-state index is 0.255. The van der Waals surface area contributed by atoms with Crippen molar-refractivity contribution in [2.45, 2.75) is 82.5 Å². The Morgan fingerprint density at radius 2 is 1.23 bits per heavy atom. The van der Waals surface area contributed by atoms with Crippen LogP contribution >= 0.6 is 0 Å². The van der Waals surface area contributed by atoms with E-state index >= 15 is 0 Å². The minimum atomic E-state index is -0.909. The lowest BCUT2D eigenvalue weighted by atomic mass is 9.92. The molecule has 6 atom stereocenters. The molecule has 326 valence electrons. The van der Waals surface area contributed by atoms with Crippen LogP contribution in [-0.2, 0) is 35.1 Å². The van der Waals surface area contributed by atoms with E-state index in [0.29, 0.717) is 31.3 Å². The Kier molecular flexibility index (Phi) is 12.2. The summed E-state index contributed by atoms with van der Waals surface area (Å²) in [4.78, 5) is 71.4. The van der Waals surface area contributed by atoms with Crippen LogP contribution in [0.4, 0.5) is 9.59 Å². The number of methoxy groups -OCH3 is 4. The minimum Gasteiger partial charge on any atom is -0.488 e. The van der Waals surface area contributed by atoms with Gasteiger partial charge in [0.2, 0.25) is 11.8 Å². The number of hydrogen-bond acceptors (Lipinski definition) is 11. The highest BCUT2D eigenvalue weighted by molar-refractivity contribution is 5.98. The zero-order valence-electron chi connectivity index (χ0n) is 35.7. The molecule has 5 aromatic rings.